The zero-order valence-corrected chi connectivity index (χ0v) is 12.5. The molecule has 5 heteroatoms. The number of carbonyl (C=O) groups excluding carboxylic acids is 1. The molecular formula is C16H16ClN3O. The van der Waals surface area contributed by atoms with Crippen molar-refractivity contribution in [1.82, 2.24) is 15.1 Å². The first-order valence-electron chi connectivity index (χ1n) is 7.01. The number of aryl methyl sites for hydroxylation is 1. The molecule has 0 radical (unpaired) electrons. The predicted molar refractivity (Wildman–Crippen MR) is 81.3 cm³/mol. The molecule has 0 aliphatic heterocycles. The second-order valence-electron chi connectivity index (χ2n) is 5.26. The lowest BCUT2D eigenvalue weighted by Crippen LogP contribution is -2.33. The van der Waals surface area contributed by atoms with Gasteiger partial charge in [-0.3, -0.25) is 4.79 Å². The van der Waals surface area contributed by atoms with Crippen molar-refractivity contribution in [1.29, 1.82) is 0 Å². The van der Waals surface area contributed by atoms with Crippen LogP contribution in [0.25, 0.3) is 0 Å². The lowest BCUT2D eigenvalue weighted by atomic mass is 9.87. The van der Waals surface area contributed by atoms with Crippen molar-refractivity contribution < 1.29 is 4.79 Å². The summed E-state index contributed by atoms with van der Waals surface area (Å²) < 4.78 is 0. The minimum absolute atomic E-state index is 0.0972. The van der Waals surface area contributed by atoms with Gasteiger partial charge in [-0.15, -0.1) is 10.2 Å². The van der Waals surface area contributed by atoms with Crippen molar-refractivity contribution in [3.8, 4) is 0 Å². The van der Waals surface area contributed by atoms with Crippen LogP contribution in [0.2, 0.25) is 5.15 Å². The number of halogens is 1. The first kappa shape index (κ1) is 14.0. The molecule has 108 valence electrons. The first-order chi connectivity index (χ1) is 10.2. The molecule has 1 aromatic heterocycles. The maximum Gasteiger partial charge on any atom is 0.274 e. The Bertz CT molecular complexity index is 657. The summed E-state index contributed by atoms with van der Waals surface area (Å²) in [5, 5.41) is 7.91. The average molecular weight is 302 g/mol. The van der Waals surface area contributed by atoms with Gasteiger partial charge in [0.15, 0.2) is 10.8 Å². The van der Waals surface area contributed by atoms with Crippen LogP contribution in [0.1, 0.15) is 40.5 Å². The van der Waals surface area contributed by atoms with Crippen LogP contribution in [0, 0.1) is 0 Å². The summed E-state index contributed by atoms with van der Waals surface area (Å²) >= 11 is 5.71. The predicted octanol–water partition coefficient (Wildman–Crippen LogP) is 3.28. The van der Waals surface area contributed by atoms with E-state index >= 15 is 0 Å². The minimum atomic E-state index is -0.124. The number of nitrogens with zero attached hydrogens (tertiary/aromatic N) is 3. The van der Waals surface area contributed by atoms with Crippen LogP contribution >= 0.6 is 11.6 Å². The van der Waals surface area contributed by atoms with Crippen molar-refractivity contribution in [2.75, 3.05) is 7.05 Å². The zero-order chi connectivity index (χ0) is 14.8. The topological polar surface area (TPSA) is 46.1 Å². The van der Waals surface area contributed by atoms with Crippen LogP contribution in [-0.4, -0.2) is 28.1 Å². The Balaban J connectivity index is 1.87. The Morgan fingerprint density at radius 1 is 1.24 bits per heavy atom. The summed E-state index contributed by atoms with van der Waals surface area (Å²) in [5.74, 6) is -0.124. The van der Waals surface area contributed by atoms with E-state index in [-0.39, 0.29) is 17.1 Å². The van der Waals surface area contributed by atoms with E-state index in [0.29, 0.717) is 5.69 Å². The lowest BCUT2D eigenvalue weighted by Gasteiger charge is -2.33. The summed E-state index contributed by atoms with van der Waals surface area (Å²) in [4.78, 5) is 14.3. The van der Waals surface area contributed by atoms with Gasteiger partial charge in [0.2, 0.25) is 0 Å². The number of carbonyl (C=O) groups is 1. The first-order valence-corrected chi connectivity index (χ1v) is 7.39. The Morgan fingerprint density at radius 3 is 2.81 bits per heavy atom. The number of amides is 1. The van der Waals surface area contributed by atoms with Crippen molar-refractivity contribution in [2.45, 2.75) is 25.3 Å². The minimum Gasteiger partial charge on any atom is -0.333 e. The Labute approximate surface area is 128 Å². The van der Waals surface area contributed by atoms with E-state index in [9.17, 15) is 4.79 Å². The van der Waals surface area contributed by atoms with Gasteiger partial charge in [-0.05, 0) is 42.5 Å². The molecule has 0 N–H and O–H groups in total. The molecule has 1 amide bonds. The van der Waals surface area contributed by atoms with Gasteiger partial charge in [0.25, 0.3) is 5.91 Å². The monoisotopic (exact) mass is 301 g/mol. The van der Waals surface area contributed by atoms with E-state index in [0.717, 1.165) is 19.3 Å². The SMILES string of the molecule is CN(C(=O)c1ccc(Cl)nn1)C1CCCc2ccccc21. The van der Waals surface area contributed by atoms with E-state index in [1.54, 1.807) is 17.0 Å². The molecule has 0 fully saturated rings. The molecule has 1 aliphatic carbocycles. The quantitative estimate of drug-likeness (QED) is 0.855. The number of benzene rings is 1. The van der Waals surface area contributed by atoms with Gasteiger partial charge in [0, 0.05) is 7.05 Å². The van der Waals surface area contributed by atoms with Crippen molar-refractivity contribution in [3.05, 3.63) is 58.4 Å². The molecule has 0 saturated heterocycles. The van der Waals surface area contributed by atoms with E-state index in [1.165, 1.54) is 11.1 Å². The molecule has 0 saturated carbocycles. The van der Waals surface area contributed by atoms with Crippen molar-refractivity contribution in [2.24, 2.45) is 0 Å². The summed E-state index contributed by atoms with van der Waals surface area (Å²) in [5.41, 5.74) is 2.89. The van der Waals surface area contributed by atoms with Crippen LogP contribution in [0.5, 0.6) is 0 Å². The van der Waals surface area contributed by atoms with E-state index in [2.05, 4.69) is 22.3 Å². The molecule has 3 rings (SSSR count). The average Bonchev–Trinajstić information content (AvgIpc) is 2.53. The third-order valence-corrected chi connectivity index (χ3v) is 4.18. The number of rotatable bonds is 2. The summed E-state index contributed by atoms with van der Waals surface area (Å²) in [6, 6.07) is 11.6. The zero-order valence-electron chi connectivity index (χ0n) is 11.8. The molecule has 4 nitrogen and oxygen atoms in total. The number of fused-ring (bicyclic) bond motifs is 1. The van der Waals surface area contributed by atoms with Gasteiger partial charge in [-0.25, -0.2) is 0 Å². The number of aromatic nitrogens is 2. The molecule has 1 aliphatic rings. The normalized spacial score (nSPS) is 17.1. The fourth-order valence-electron chi connectivity index (χ4n) is 2.88. The molecular weight excluding hydrogens is 286 g/mol. The summed E-state index contributed by atoms with van der Waals surface area (Å²) in [6.45, 7) is 0. The molecule has 1 aromatic carbocycles. The third-order valence-electron chi connectivity index (χ3n) is 3.98. The van der Waals surface area contributed by atoms with E-state index in [4.69, 9.17) is 11.6 Å². The Hall–Kier alpha value is -1.94. The summed E-state index contributed by atoms with van der Waals surface area (Å²) in [7, 11) is 1.82. The Morgan fingerprint density at radius 2 is 2.05 bits per heavy atom. The van der Waals surface area contributed by atoms with E-state index < -0.39 is 0 Å². The van der Waals surface area contributed by atoms with Crippen molar-refractivity contribution >= 4 is 17.5 Å². The summed E-state index contributed by atoms with van der Waals surface area (Å²) in [6.07, 6.45) is 3.14. The second-order valence-corrected chi connectivity index (χ2v) is 5.65. The lowest BCUT2D eigenvalue weighted by molar-refractivity contribution is 0.0708. The van der Waals surface area contributed by atoms with Crippen LogP contribution in [0.15, 0.2) is 36.4 Å². The molecule has 0 bridgehead atoms. The third kappa shape index (κ3) is 2.76. The highest BCUT2D eigenvalue weighted by Crippen LogP contribution is 2.33. The molecule has 21 heavy (non-hydrogen) atoms. The van der Waals surface area contributed by atoms with Crippen LogP contribution in [0.4, 0.5) is 0 Å². The largest absolute Gasteiger partial charge is 0.333 e. The van der Waals surface area contributed by atoms with Gasteiger partial charge in [-0.1, -0.05) is 35.9 Å². The van der Waals surface area contributed by atoms with Gasteiger partial charge < -0.3 is 4.90 Å². The molecule has 1 unspecified atom stereocenters. The highest BCUT2D eigenvalue weighted by molar-refractivity contribution is 6.29. The second kappa shape index (κ2) is 5.82. The van der Waals surface area contributed by atoms with Crippen molar-refractivity contribution in [3.63, 3.8) is 0 Å². The molecule has 2 aromatic rings. The van der Waals surface area contributed by atoms with E-state index in [1.807, 2.05) is 19.2 Å². The van der Waals surface area contributed by atoms with Gasteiger partial charge >= 0.3 is 0 Å². The fourth-order valence-corrected chi connectivity index (χ4v) is 2.98. The highest BCUT2D eigenvalue weighted by Gasteiger charge is 2.27. The van der Waals surface area contributed by atoms with Crippen LogP contribution in [0.3, 0.4) is 0 Å². The van der Waals surface area contributed by atoms with Gasteiger partial charge in [0.05, 0.1) is 6.04 Å². The van der Waals surface area contributed by atoms with Crippen LogP contribution < -0.4 is 0 Å². The standard InChI is InChI=1S/C16H16ClN3O/c1-20(16(21)13-9-10-15(17)19-18-13)14-8-4-6-11-5-2-3-7-12(11)14/h2-3,5,7,9-10,14H,4,6,8H2,1H3. The molecule has 1 heterocycles. The van der Waals surface area contributed by atoms with Crippen LogP contribution in [-0.2, 0) is 6.42 Å². The number of hydrogen-bond donors (Lipinski definition) is 0. The van der Waals surface area contributed by atoms with Gasteiger partial charge in [-0.2, -0.15) is 0 Å². The highest BCUT2D eigenvalue weighted by atomic mass is 35.5. The fraction of sp³-hybridized carbons (Fsp3) is 0.312. The van der Waals surface area contributed by atoms with Gasteiger partial charge in [0.1, 0.15) is 0 Å². The molecule has 1 atom stereocenters. The maximum atomic E-state index is 12.5. The number of hydrogen-bond acceptors (Lipinski definition) is 3. The maximum absolute atomic E-state index is 12.5. The molecule has 0 spiro atoms. The smallest absolute Gasteiger partial charge is 0.274 e. The Kier molecular flexibility index (Phi) is 3.88.